The Morgan fingerprint density at radius 1 is 1.05 bits per heavy atom. The first-order valence-electron chi connectivity index (χ1n) is 6.16. The highest BCUT2D eigenvalue weighted by Crippen LogP contribution is 2.31. The molecule has 0 bridgehead atoms. The molecule has 2 aromatic rings. The number of benzene rings is 1. The van der Waals surface area contributed by atoms with Crippen molar-refractivity contribution in [1.82, 2.24) is 9.97 Å². The summed E-state index contributed by atoms with van der Waals surface area (Å²) in [7, 11) is 0. The van der Waals surface area contributed by atoms with Crippen LogP contribution in [0.1, 0.15) is 22.4 Å². The van der Waals surface area contributed by atoms with Crippen molar-refractivity contribution in [2.24, 2.45) is 0 Å². The molecule has 0 saturated carbocycles. The molecule has 2 rings (SSSR count). The molecule has 0 aliphatic carbocycles. The lowest BCUT2D eigenvalue weighted by Crippen LogP contribution is -2.11. The van der Waals surface area contributed by atoms with Gasteiger partial charge in [0, 0.05) is 11.8 Å². The number of halogens is 3. The number of nitrogens with zero attached hydrogens (tertiary/aromatic N) is 2. The molecule has 1 heterocycles. The van der Waals surface area contributed by atoms with E-state index in [0.717, 1.165) is 22.8 Å². The minimum Gasteiger partial charge on any atom is -0.368 e. The van der Waals surface area contributed by atoms with Gasteiger partial charge < -0.3 is 5.73 Å². The van der Waals surface area contributed by atoms with E-state index in [2.05, 4.69) is 9.97 Å². The zero-order valence-corrected chi connectivity index (χ0v) is 12.3. The molecule has 0 spiro atoms. The second kappa shape index (κ2) is 5.93. The summed E-state index contributed by atoms with van der Waals surface area (Å²) in [5.74, 6) is 0.156. The number of nitrogens with two attached hydrogens (primary N) is 1. The number of aryl methyl sites for hydroxylation is 2. The fraction of sp³-hybridized carbons (Fsp3) is 0.286. The average Bonchev–Trinajstić information content (AvgIpc) is 2.33. The maximum atomic E-state index is 12.7. The third kappa shape index (κ3) is 4.35. The van der Waals surface area contributed by atoms with E-state index in [1.165, 1.54) is 11.8 Å². The zero-order chi connectivity index (χ0) is 15.6. The molecular formula is C14H14F3N3S. The number of alkyl halides is 3. The van der Waals surface area contributed by atoms with E-state index in [-0.39, 0.29) is 11.0 Å². The highest BCUT2D eigenvalue weighted by Gasteiger charge is 2.33. The molecule has 0 aliphatic rings. The van der Waals surface area contributed by atoms with Gasteiger partial charge >= 0.3 is 6.18 Å². The summed E-state index contributed by atoms with van der Waals surface area (Å²) in [6.07, 6.45) is -4.52. The van der Waals surface area contributed by atoms with Crippen molar-refractivity contribution in [3.63, 3.8) is 0 Å². The minimum absolute atomic E-state index is 0.217. The van der Waals surface area contributed by atoms with Crippen LogP contribution in [-0.4, -0.2) is 9.97 Å². The smallest absolute Gasteiger partial charge is 0.368 e. The van der Waals surface area contributed by atoms with Gasteiger partial charge in [0.1, 0.15) is 5.03 Å². The molecule has 2 N–H and O–H groups in total. The van der Waals surface area contributed by atoms with E-state index < -0.39 is 11.9 Å². The highest BCUT2D eigenvalue weighted by atomic mass is 32.2. The molecule has 1 aromatic carbocycles. The Kier molecular flexibility index (Phi) is 4.41. The Morgan fingerprint density at radius 2 is 1.67 bits per heavy atom. The van der Waals surface area contributed by atoms with Crippen molar-refractivity contribution in [3.05, 3.63) is 46.6 Å². The van der Waals surface area contributed by atoms with Crippen LogP contribution in [0.2, 0.25) is 0 Å². The standard InChI is InChI=1S/C14H14F3N3S/c1-8-3-9(2)5-10(4-8)7-21-12-6-11(14(15,16)17)19-13(18)20-12/h3-6H,7H2,1-2H3,(H2,18,19,20). The van der Waals surface area contributed by atoms with Crippen molar-refractivity contribution in [2.75, 3.05) is 5.73 Å². The van der Waals surface area contributed by atoms with Crippen molar-refractivity contribution in [1.29, 1.82) is 0 Å². The summed E-state index contributed by atoms with van der Waals surface area (Å²) in [6, 6.07) is 6.95. The molecule has 0 radical (unpaired) electrons. The maximum Gasteiger partial charge on any atom is 0.433 e. The van der Waals surface area contributed by atoms with Crippen LogP contribution in [0, 0.1) is 13.8 Å². The summed E-state index contributed by atoms with van der Waals surface area (Å²) in [4.78, 5) is 7.05. The van der Waals surface area contributed by atoms with Crippen LogP contribution in [-0.2, 0) is 11.9 Å². The SMILES string of the molecule is Cc1cc(C)cc(CSc2cc(C(F)(F)F)nc(N)n2)c1. The second-order valence-corrected chi connectivity index (χ2v) is 5.73. The van der Waals surface area contributed by atoms with Crippen LogP contribution in [0.5, 0.6) is 0 Å². The normalized spacial score (nSPS) is 11.7. The van der Waals surface area contributed by atoms with E-state index in [1.807, 2.05) is 32.0 Å². The fourth-order valence-electron chi connectivity index (χ4n) is 1.97. The summed E-state index contributed by atoms with van der Waals surface area (Å²) in [5, 5.41) is 0.217. The van der Waals surface area contributed by atoms with Gasteiger partial charge in [-0.15, -0.1) is 11.8 Å². The minimum atomic E-state index is -4.52. The van der Waals surface area contributed by atoms with Crippen LogP contribution in [0.3, 0.4) is 0 Å². The first-order chi connectivity index (χ1) is 9.74. The van der Waals surface area contributed by atoms with Crippen LogP contribution in [0.25, 0.3) is 0 Å². The third-order valence-electron chi connectivity index (χ3n) is 2.68. The average molecular weight is 313 g/mol. The summed E-state index contributed by atoms with van der Waals surface area (Å²) in [6.45, 7) is 3.96. The number of rotatable bonds is 3. The van der Waals surface area contributed by atoms with Crippen LogP contribution in [0.4, 0.5) is 19.1 Å². The van der Waals surface area contributed by atoms with Gasteiger partial charge in [0.15, 0.2) is 5.69 Å². The largest absolute Gasteiger partial charge is 0.433 e. The Morgan fingerprint density at radius 3 is 2.24 bits per heavy atom. The first-order valence-corrected chi connectivity index (χ1v) is 7.14. The summed E-state index contributed by atoms with van der Waals surface area (Å²) >= 11 is 1.20. The number of anilines is 1. The molecule has 3 nitrogen and oxygen atoms in total. The van der Waals surface area contributed by atoms with Crippen molar-refractivity contribution in [3.8, 4) is 0 Å². The molecule has 21 heavy (non-hydrogen) atoms. The molecule has 0 aliphatic heterocycles. The molecule has 7 heteroatoms. The number of aromatic nitrogens is 2. The van der Waals surface area contributed by atoms with Gasteiger partial charge in [0.25, 0.3) is 0 Å². The van der Waals surface area contributed by atoms with Crippen LogP contribution >= 0.6 is 11.8 Å². The maximum absolute atomic E-state index is 12.7. The lowest BCUT2D eigenvalue weighted by Gasteiger charge is -2.09. The second-order valence-electron chi connectivity index (χ2n) is 4.73. The van der Waals surface area contributed by atoms with E-state index in [1.54, 1.807) is 0 Å². The van der Waals surface area contributed by atoms with Gasteiger partial charge in [-0.1, -0.05) is 29.3 Å². The van der Waals surface area contributed by atoms with Gasteiger partial charge in [-0.25, -0.2) is 9.97 Å². The molecule has 0 saturated heterocycles. The number of thioether (sulfide) groups is 1. The molecule has 0 fully saturated rings. The van der Waals surface area contributed by atoms with Gasteiger partial charge in [0.2, 0.25) is 5.95 Å². The topological polar surface area (TPSA) is 51.8 Å². The van der Waals surface area contributed by atoms with Crippen LogP contribution in [0.15, 0.2) is 29.3 Å². The zero-order valence-electron chi connectivity index (χ0n) is 11.5. The molecule has 1 aromatic heterocycles. The number of hydrogen-bond acceptors (Lipinski definition) is 4. The number of nitrogen functional groups attached to an aromatic ring is 1. The predicted molar refractivity (Wildman–Crippen MR) is 76.9 cm³/mol. The van der Waals surface area contributed by atoms with Crippen LogP contribution < -0.4 is 5.73 Å². The predicted octanol–water partition coefficient (Wildman–Crippen LogP) is 3.99. The Labute approximate surface area is 124 Å². The lowest BCUT2D eigenvalue weighted by molar-refractivity contribution is -0.141. The number of hydrogen-bond donors (Lipinski definition) is 1. The van der Waals surface area contributed by atoms with Crippen molar-refractivity contribution >= 4 is 17.7 Å². The summed E-state index contributed by atoms with van der Waals surface area (Å²) in [5.41, 5.74) is 7.58. The van der Waals surface area contributed by atoms with E-state index in [9.17, 15) is 13.2 Å². The van der Waals surface area contributed by atoms with E-state index in [0.29, 0.717) is 5.75 Å². The highest BCUT2D eigenvalue weighted by molar-refractivity contribution is 7.98. The first kappa shape index (κ1) is 15.6. The molecule has 0 unspecified atom stereocenters. The van der Waals surface area contributed by atoms with Gasteiger partial charge in [-0.2, -0.15) is 13.2 Å². The fourth-order valence-corrected chi connectivity index (χ4v) is 2.81. The Bertz CT molecular complexity index is 636. The third-order valence-corrected chi connectivity index (χ3v) is 3.66. The van der Waals surface area contributed by atoms with E-state index in [4.69, 9.17) is 5.73 Å². The van der Waals surface area contributed by atoms with Gasteiger partial charge in [-0.3, -0.25) is 0 Å². The molecule has 0 atom stereocenters. The lowest BCUT2D eigenvalue weighted by atomic mass is 10.1. The van der Waals surface area contributed by atoms with E-state index >= 15 is 0 Å². The molecular weight excluding hydrogens is 299 g/mol. The van der Waals surface area contributed by atoms with Gasteiger partial charge in [-0.05, 0) is 19.4 Å². The van der Waals surface area contributed by atoms with Crippen molar-refractivity contribution in [2.45, 2.75) is 30.8 Å². The van der Waals surface area contributed by atoms with Crippen molar-refractivity contribution < 1.29 is 13.2 Å². The van der Waals surface area contributed by atoms with Gasteiger partial charge in [0.05, 0.1) is 0 Å². The molecule has 0 amide bonds. The quantitative estimate of drug-likeness (QED) is 0.688. The monoisotopic (exact) mass is 313 g/mol. The Hall–Kier alpha value is -1.76. The Balaban J connectivity index is 2.18. The molecule has 112 valence electrons. The summed E-state index contributed by atoms with van der Waals surface area (Å²) < 4.78 is 38.0.